The molecule has 0 spiro atoms. The molecular weight excluding hydrogens is 491 g/mol. The molecule has 0 amide bonds. The quantitative estimate of drug-likeness (QED) is 0.417. The first kappa shape index (κ1) is 28.2. The Morgan fingerprint density at radius 3 is 0.844 bits per heavy atom. The predicted octanol–water partition coefficient (Wildman–Crippen LogP) is 7.70. The Hall–Kier alpha value is -1.87. The van der Waals surface area contributed by atoms with E-state index < -0.39 is 76.2 Å². The van der Waals surface area contributed by atoms with Gasteiger partial charge in [-0.2, -0.15) is 65.9 Å². The van der Waals surface area contributed by atoms with Gasteiger partial charge in [0.15, 0.2) is 0 Å². The molecule has 1 rings (SSSR count). The summed E-state index contributed by atoms with van der Waals surface area (Å²) in [5.74, 6) is -1.51. The fourth-order valence-electron chi connectivity index (χ4n) is 3.33. The highest BCUT2D eigenvalue weighted by Gasteiger charge is 2.61. The van der Waals surface area contributed by atoms with E-state index in [9.17, 15) is 65.9 Å². The van der Waals surface area contributed by atoms with Gasteiger partial charge in [0.05, 0.1) is 27.8 Å². The lowest BCUT2D eigenvalue weighted by atomic mass is 9.79. The zero-order chi connectivity index (χ0) is 25.8. The summed E-state index contributed by atoms with van der Waals surface area (Å²) in [5.41, 5.74) is -21.5. The van der Waals surface area contributed by atoms with Crippen LogP contribution in [-0.4, -0.2) is 7.05 Å². The van der Waals surface area contributed by atoms with Gasteiger partial charge < -0.3 is 5.32 Å². The van der Waals surface area contributed by atoms with E-state index >= 15 is 0 Å². The number of nitrogens with one attached hydrogen (secondary N) is 1. The first-order valence-corrected chi connectivity index (χ1v) is 8.15. The maximum atomic E-state index is 13.6. The minimum absolute atomic E-state index is 0.628. The number of rotatable bonds is 3. The van der Waals surface area contributed by atoms with Gasteiger partial charge in [-0.1, -0.05) is 13.8 Å². The van der Waals surface area contributed by atoms with Crippen molar-refractivity contribution in [2.75, 3.05) is 7.05 Å². The molecular formula is C16H12F15N. The molecule has 0 aliphatic carbocycles. The molecule has 16 heteroatoms. The fourth-order valence-corrected chi connectivity index (χ4v) is 3.33. The van der Waals surface area contributed by atoms with Gasteiger partial charge in [0.1, 0.15) is 0 Å². The van der Waals surface area contributed by atoms with Crippen LogP contribution in [-0.2, 0) is 30.9 Å². The summed E-state index contributed by atoms with van der Waals surface area (Å²) in [6, 6.07) is -2.49. The van der Waals surface area contributed by atoms with Crippen LogP contribution in [0.15, 0.2) is 0 Å². The van der Waals surface area contributed by atoms with Crippen molar-refractivity contribution in [1.29, 1.82) is 0 Å². The van der Waals surface area contributed by atoms with Gasteiger partial charge >= 0.3 is 30.9 Å². The topological polar surface area (TPSA) is 12.0 Å². The van der Waals surface area contributed by atoms with E-state index in [1.54, 1.807) is 5.32 Å². The van der Waals surface area contributed by atoms with Gasteiger partial charge in [-0.25, -0.2) is 0 Å². The second-order valence-corrected chi connectivity index (χ2v) is 6.79. The average molecular weight is 503 g/mol. The van der Waals surface area contributed by atoms with E-state index in [0.717, 1.165) is 13.8 Å². The van der Waals surface area contributed by atoms with Gasteiger partial charge in [-0.3, -0.25) is 0 Å². The van der Waals surface area contributed by atoms with Crippen molar-refractivity contribution in [2.24, 2.45) is 5.92 Å². The Labute approximate surface area is 169 Å². The van der Waals surface area contributed by atoms with Crippen LogP contribution in [0.4, 0.5) is 65.9 Å². The van der Waals surface area contributed by atoms with Crippen molar-refractivity contribution in [3.05, 3.63) is 33.4 Å². The van der Waals surface area contributed by atoms with Crippen molar-refractivity contribution in [3.8, 4) is 0 Å². The Balaban J connectivity index is 4.87. The fraction of sp³-hybridized carbons (Fsp3) is 0.625. The van der Waals surface area contributed by atoms with Gasteiger partial charge in [0.2, 0.25) is 0 Å². The van der Waals surface area contributed by atoms with Crippen LogP contribution in [0.1, 0.15) is 53.3 Å². The zero-order valence-electron chi connectivity index (χ0n) is 15.8. The predicted molar refractivity (Wildman–Crippen MR) is 78.1 cm³/mol. The number of hydrogen-bond acceptors (Lipinski definition) is 1. The van der Waals surface area contributed by atoms with Crippen LogP contribution in [0.25, 0.3) is 0 Å². The molecule has 0 saturated carbocycles. The molecule has 0 fully saturated rings. The molecule has 0 aliphatic heterocycles. The zero-order valence-corrected chi connectivity index (χ0v) is 15.8. The summed E-state index contributed by atoms with van der Waals surface area (Å²) in [7, 11) is 0.628. The molecule has 0 bridgehead atoms. The standard InChI is InChI=1S/C16H12F15N/c1-4(2)11(32-3)5-6(12(17,18)19)8(14(23,24)25)10(16(29,30)31)9(15(26,27)28)7(5)13(20,21)22/h4,11,32H,1-3H3. The van der Waals surface area contributed by atoms with Crippen molar-refractivity contribution in [1.82, 2.24) is 5.32 Å². The Kier molecular flexibility index (Phi) is 7.19. The minimum Gasteiger partial charge on any atom is -0.313 e. The Bertz CT molecular complexity index is 781. The summed E-state index contributed by atoms with van der Waals surface area (Å²) < 4.78 is 202. The van der Waals surface area contributed by atoms with E-state index in [1.165, 1.54) is 0 Å². The SMILES string of the molecule is CNC(c1c(C(F)(F)F)c(C(F)(F)F)c(C(F)(F)F)c(C(F)(F)F)c1C(F)(F)F)C(C)C. The van der Waals surface area contributed by atoms with Gasteiger partial charge in [0.25, 0.3) is 0 Å². The van der Waals surface area contributed by atoms with E-state index in [1.807, 2.05) is 0 Å². The maximum Gasteiger partial charge on any atom is 0.417 e. The largest absolute Gasteiger partial charge is 0.417 e. The van der Waals surface area contributed by atoms with E-state index in [0.29, 0.717) is 7.05 Å². The Morgan fingerprint density at radius 1 is 0.469 bits per heavy atom. The third kappa shape index (κ3) is 5.36. The molecule has 0 heterocycles. The van der Waals surface area contributed by atoms with Crippen molar-refractivity contribution in [3.63, 3.8) is 0 Å². The monoisotopic (exact) mass is 503 g/mol. The van der Waals surface area contributed by atoms with Crippen molar-refractivity contribution in [2.45, 2.75) is 50.8 Å². The number of hydrogen-bond donors (Lipinski definition) is 1. The van der Waals surface area contributed by atoms with E-state index in [2.05, 4.69) is 0 Å². The lowest BCUT2D eigenvalue weighted by Crippen LogP contribution is -2.36. The molecule has 1 aromatic carbocycles. The van der Waals surface area contributed by atoms with E-state index in [-0.39, 0.29) is 0 Å². The summed E-state index contributed by atoms with van der Waals surface area (Å²) in [6.07, 6.45) is -33.5. The van der Waals surface area contributed by atoms with Gasteiger partial charge in [0, 0.05) is 6.04 Å². The number of halogens is 15. The molecule has 32 heavy (non-hydrogen) atoms. The molecule has 1 N–H and O–H groups in total. The van der Waals surface area contributed by atoms with Crippen molar-refractivity contribution >= 4 is 0 Å². The second kappa shape index (κ2) is 8.17. The number of benzene rings is 1. The first-order valence-electron chi connectivity index (χ1n) is 8.15. The van der Waals surface area contributed by atoms with Crippen LogP contribution < -0.4 is 5.32 Å². The summed E-state index contributed by atoms with van der Waals surface area (Å²) >= 11 is 0. The molecule has 1 nitrogen and oxygen atoms in total. The second-order valence-electron chi connectivity index (χ2n) is 6.79. The van der Waals surface area contributed by atoms with Crippen molar-refractivity contribution < 1.29 is 65.9 Å². The third-order valence-electron chi connectivity index (χ3n) is 4.24. The molecule has 0 aliphatic rings. The normalized spacial score (nSPS) is 15.5. The minimum atomic E-state index is -6.89. The van der Waals surface area contributed by atoms with Crippen LogP contribution in [0.2, 0.25) is 0 Å². The summed E-state index contributed by atoms with van der Waals surface area (Å²) in [6.45, 7) is 1.69. The lowest BCUT2D eigenvalue weighted by molar-refractivity contribution is -0.189. The maximum absolute atomic E-state index is 13.6. The highest BCUT2D eigenvalue weighted by Crippen LogP contribution is 2.57. The lowest BCUT2D eigenvalue weighted by Gasteiger charge is -2.34. The van der Waals surface area contributed by atoms with E-state index in [4.69, 9.17) is 0 Å². The highest BCUT2D eigenvalue weighted by atomic mass is 19.4. The van der Waals surface area contributed by atoms with Crippen LogP contribution >= 0.6 is 0 Å². The molecule has 0 radical (unpaired) electrons. The smallest absolute Gasteiger partial charge is 0.313 e. The number of alkyl halides is 15. The molecule has 1 atom stereocenters. The highest BCUT2D eigenvalue weighted by molar-refractivity contribution is 5.59. The molecule has 1 aromatic rings. The first-order chi connectivity index (χ1) is 13.9. The average Bonchev–Trinajstić information content (AvgIpc) is 2.48. The van der Waals surface area contributed by atoms with Crippen LogP contribution in [0.3, 0.4) is 0 Å². The summed E-state index contributed by atoms with van der Waals surface area (Å²) in [5, 5.41) is 1.74. The summed E-state index contributed by atoms with van der Waals surface area (Å²) in [4.78, 5) is 0. The molecule has 0 aromatic heterocycles. The van der Waals surface area contributed by atoms with Gasteiger partial charge in [-0.05, 0) is 18.5 Å². The third-order valence-corrected chi connectivity index (χ3v) is 4.24. The molecule has 1 unspecified atom stereocenters. The molecule has 186 valence electrons. The molecule has 0 saturated heterocycles. The van der Waals surface area contributed by atoms with Crippen LogP contribution in [0.5, 0.6) is 0 Å². The van der Waals surface area contributed by atoms with Gasteiger partial charge in [-0.15, -0.1) is 0 Å². The Morgan fingerprint density at radius 2 is 0.688 bits per heavy atom. The van der Waals surface area contributed by atoms with Crippen LogP contribution in [0, 0.1) is 5.92 Å².